The van der Waals surface area contributed by atoms with Gasteiger partial charge in [0.05, 0.1) is 52.3 Å². The fourth-order valence-corrected chi connectivity index (χ4v) is 20.6. The zero-order valence-corrected chi connectivity index (χ0v) is 51.2. The number of carbonyl (C=O) groups is 8. The molecular formula is C66H96O17. The Morgan fingerprint density at radius 2 is 1.30 bits per heavy atom. The molecule has 83 heavy (non-hydrogen) atoms. The number of cyclic esters (lactones) is 1. The average Bonchev–Trinajstić information content (AvgIpc) is 1.30. The minimum Gasteiger partial charge on any atom is -0.465 e. The van der Waals surface area contributed by atoms with E-state index in [-0.39, 0.29) is 85.8 Å². The number of hydrogen-bond acceptors (Lipinski definition) is 17. The van der Waals surface area contributed by atoms with Crippen LogP contribution >= 0.6 is 0 Å². The van der Waals surface area contributed by atoms with E-state index in [2.05, 4.69) is 6.92 Å². The first-order valence-electron chi connectivity index (χ1n) is 32.3. The molecule has 0 aromatic heterocycles. The fourth-order valence-electron chi connectivity index (χ4n) is 20.6. The van der Waals surface area contributed by atoms with Crippen LogP contribution in [0.3, 0.4) is 0 Å². The van der Waals surface area contributed by atoms with Gasteiger partial charge in [0.15, 0.2) is 6.61 Å². The van der Waals surface area contributed by atoms with E-state index >= 15 is 19.2 Å². The molecule has 17 heteroatoms. The van der Waals surface area contributed by atoms with E-state index in [1.165, 1.54) is 0 Å². The Morgan fingerprint density at radius 1 is 0.675 bits per heavy atom. The summed E-state index contributed by atoms with van der Waals surface area (Å²) in [6.45, 7) is 16.0. The highest BCUT2D eigenvalue weighted by Gasteiger charge is 2.65. The SMILES string of the molecule is CCC12CC3CC(C1)CC(OC(=O)C(C)(CC)CC(C)(CC(C)(CC(CC(C)(C)C(=O)OCC14CC5CC(CC(O)(C5)C1)C4)C(=O)OCC(=O)OC1C4CC5C(=O)OC1C5C4)C(=O)OC1CCOC1=O)C(=O)OC1(C(C)C)CCCC1)(C3)C2. The van der Waals surface area contributed by atoms with E-state index in [0.717, 1.165) is 89.9 Å². The van der Waals surface area contributed by atoms with Crippen LogP contribution in [0.25, 0.3) is 0 Å². The Hall–Kier alpha value is -4.28. The maximum Gasteiger partial charge on any atom is 0.347 e. The largest absolute Gasteiger partial charge is 0.465 e. The lowest BCUT2D eigenvalue weighted by Crippen LogP contribution is -2.58. The van der Waals surface area contributed by atoms with Crippen molar-refractivity contribution in [2.75, 3.05) is 19.8 Å². The Kier molecular flexibility index (Phi) is 15.7. The normalized spacial score (nSPS) is 39.1. The van der Waals surface area contributed by atoms with Crippen LogP contribution in [0.1, 0.15) is 223 Å². The summed E-state index contributed by atoms with van der Waals surface area (Å²) in [6, 6.07) is 0. The second-order valence-electron chi connectivity index (χ2n) is 31.7. The standard InChI is InChI=1S/C66H96O17/c1-10-59(7,56(73)82-65-28-41-19-42(29-65)23-62(11-2,22-41)36-65)33-61(9,57(74)83-66(38(3)4)15-12-13-16-66)34-60(8,55(72)79-47-14-17-76-53(47)70)31-44(51(68)77-32-48(67)80-49-43-20-45-46(21-43)52(69)81-50(45)49)30-58(5,6)54(71)78-37-63-24-39-18-40(25-63)27-64(75,26-39)35-63/h38-47,49-50,75H,10-37H2,1-9H3. The second-order valence-corrected chi connectivity index (χ2v) is 31.7. The van der Waals surface area contributed by atoms with Crippen LogP contribution < -0.4 is 0 Å². The summed E-state index contributed by atoms with van der Waals surface area (Å²) >= 11 is 0. The third kappa shape index (κ3) is 11.4. The number of fused-ring (bicyclic) bond motifs is 1. The Morgan fingerprint density at radius 3 is 1.90 bits per heavy atom. The second kappa shape index (κ2) is 21.5. The number of hydrogen-bond donors (Lipinski definition) is 1. The maximum absolute atomic E-state index is 15.8. The van der Waals surface area contributed by atoms with E-state index in [1.54, 1.807) is 27.7 Å². The maximum atomic E-state index is 15.8. The highest BCUT2D eigenvalue weighted by atomic mass is 16.6. The Balaban J connectivity index is 0.905. The first kappa shape index (κ1) is 60.4. The van der Waals surface area contributed by atoms with Gasteiger partial charge in [-0.2, -0.15) is 0 Å². The van der Waals surface area contributed by atoms with E-state index in [1.807, 2.05) is 27.7 Å². The fraction of sp³-hybridized carbons (Fsp3) is 0.879. The molecule has 14 atom stereocenters. The molecule has 0 spiro atoms. The van der Waals surface area contributed by atoms with Crippen LogP contribution in [0.2, 0.25) is 0 Å². The van der Waals surface area contributed by atoms with Crippen molar-refractivity contribution in [1.29, 1.82) is 0 Å². The van der Waals surface area contributed by atoms with Gasteiger partial charge in [0.1, 0.15) is 23.4 Å². The van der Waals surface area contributed by atoms with Crippen molar-refractivity contribution >= 4 is 47.8 Å². The lowest BCUT2D eigenvalue weighted by Gasteiger charge is -2.61. The first-order valence-corrected chi connectivity index (χ1v) is 32.3. The molecule has 2 aliphatic heterocycles. The molecule has 13 aliphatic rings. The van der Waals surface area contributed by atoms with E-state index < -0.39 is 118 Å². The van der Waals surface area contributed by atoms with Gasteiger partial charge in [0, 0.05) is 23.7 Å². The Labute approximate surface area is 490 Å². The van der Waals surface area contributed by atoms with Gasteiger partial charge in [-0.25, -0.2) is 9.59 Å². The first-order chi connectivity index (χ1) is 39.0. The molecule has 11 aliphatic carbocycles. The van der Waals surface area contributed by atoms with Crippen LogP contribution in [-0.2, 0) is 76.3 Å². The van der Waals surface area contributed by atoms with E-state index in [9.17, 15) is 24.3 Å². The topological polar surface area (TPSA) is 231 Å². The highest BCUT2D eigenvalue weighted by Crippen LogP contribution is 2.65. The zero-order chi connectivity index (χ0) is 59.5. The molecule has 11 saturated carbocycles. The van der Waals surface area contributed by atoms with Gasteiger partial charge in [-0.05, 0) is 217 Å². The van der Waals surface area contributed by atoms with Gasteiger partial charge in [0.25, 0.3) is 0 Å². The number of ether oxygens (including phenoxy) is 8. The predicted molar refractivity (Wildman–Crippen MR) is 298 cm³/mol. The number of aliphatic hydroxyl groups is 1. The minimum atomic E-state index is -1.85. The smallest absolute Gasteiger partial charge is 0.347 e. The van der Waals surface area contributed by atoms with Crippen molar-refractivity contribution < 1.29 is 81.4 Å². The minimum absolute atomic E-state index is 0.0173. The van der Waals surface area contributed by atoms with Crippen molar-refractivity contribution in [3.63, 3.8) is 0 Å². The molecule has 13 fully saturated rings. The van der Waals surface area contributed by atoms with Crippen molar-refractivity contribution in [3.8, 4) is 0 Å². The van der Waals surface area contributed by atoms with Gasteiger partial charge in [-0.15, -0.1) is 0 Å². The summed E-state index contributed by atoms with van der Waals surface area (Å²) in [5, 5.41) is 11.6. The van der Waals surface area contributed by atoms with Crippen molar-refractivity contribution in [2.24, 2.45) is 85.8 Å². The summed E-state index contributed by atoms with van der Waals surface area (Å²) in [4.78, 5) is 116. The predicted octanol–water partition coefficient (Wildman–Crippen LogP) is 10.2. The molecule has 0 aromatic rings. The summed E-state index contributed by atoms with van der Waals surface area (Å²) < 4.78 is 48.7. The van der Waals surface area contributed by atoms with E-state index in [4.69, 9.17) is 37.9 Å². The quantitative estimate of drug-likeness (QED) is 0.0699. The molecule has 10 bridgehead atoms. The summed E-state index contributed by atoms with van der Waals surface area (Å²) in [5.74, 6) is -5.40. The van der Waals surface area contributed by atoms with Crippen molar-refractivity contribution in [1.82, 2.24) is 0 Å². The van der Waals surface area contributed by atoms with Crippen LogP contribution in [0.5, 0.6) is 0 Å². The van der Waals surface area contributed by atoms with Crippen LogP contribution in [-0.4, -0.2) is 108 Å². The molecule has 0 aromatic carbocycles. The Bertz CT molecular complexity index is 2570. The highest BCUT2D eigenvalue weighted by molar-refractivity contribution is 5.87. The molecule has 13 rings (SSSR count). The van der Waals surface area contributed by atoms with Crippen LogP contribution in [0.15, 0.2) is 0 Å². The average molecular weight is 1160 g/mol. The van der Waals surface area contributed by atoms with Crippen molar-refractivity contribution in [3.05, 3.63) is 0 Å². The van der Waals surface area contributed by atoms with Crippen molar-refractivity contribution in [2.45, 2.75) is 258 Å². The molecule has 2 saturated heterocycles. The summed E-state index contributed by atoms with van der Waals surface area (Å²) in [6.07, 6.45) is 12.6. The van der Waals surface area contributed by atoms with Gasteiger partial charge in [-0.1, -0.05) is 34.1 Å². The lowest BCUT2D eigenvalue weighted by molar-refractivity contribution is -0.213. The molecule has 1 N–H and O–H groups in total. The van der Waals surface area contributed by atoms with E-state index in [0.29, 0.717) is 55.8 Å². The third-order valence-corrected chi connectivity index (χ3v) is 24.0. The van der Waals surface area contributed by atoms with Crippen LogP contribution in [0.4, 0.5) is 0 Å². The molecule has 462 valence electrons. The number of carbonyl (C=O) groups excluding carboxylic acids is 8. The molecular weight excluding hydrogens is 1060 g/mol. The number of esters is 8. The van der Waals surface area contributed by atoms with Gasteiger partial charge < -0.3 is 43.0 Å². The molecule has 14 unspecified atom stereocenters. The number of rotatable bonds is 24. The van der Waals surface area contributed by atoms with Crippen LogP contribution in [0, 0.1) is 85.8 Å². The van der Waals surface area contributed by atoms with Gasteiger partial charge >= 0.3 is 47.8 Å². The summed E-state index contributed by atoms with van der Waals surface area (Å²) in [5.41, 5.74) is -8.66. The monoisotopic (exact) mass is 1160 g/mol. The zero-order valence-electron chi connectivity index (χ0n) is 51.2. The molecule has 17 nitrogen and oxygen atoms in total. The third-order valence-electron chi connectivity index (χ3n) is 24.0. The molecule has 0 radical (unpaired) electrons. The van der Waals surface area contributed by atoms with Gasteiger partial charge in [-0.3, -0.25) is 28.8 Å². The molecule has 2 heterocycles. The molecule has 0 amide bonds. The summed E-state index contributed by atoms with van der Waals surface area (Å²) in [7, 11) is 0. The van der Waals surface area contributed by atoms with Gasteiger partial charge in [0.2, 0.25) is 6.10 Å². The lowest BCUT2D eigenvalue weighted by atomic mass is 9.47.